The number of aromatic nitrogens is 1. The summed E-state index contributed by atoms with van der Waals surface area (Å²) in [5.41, 5.74) is 3.37. The maximum Gasteiger partial charge on any atom is 0.271 e. The molecule has 1 aliphatic heterocycles. The first-order chi connectivity index (χ1) is 22.3. The Morgan fingerprint density at radius 3 is 2.39 bits per heavy atom. The van der Waals surface area contributed by atoms with Gasteiger partial charge in [0.15, 0.2) is 4.80 Å². The summed E-state index contributed by atoms with van der Waals surface area (Å²) in [7, 11) is 1.58. The lowest BCUT2D eigenvalue weighted by atomic mass is 9.95. The fourth-order valence-electron chi connectivity index (χ4n) is 5.18. The number of amides is 1. The Kier molecular flexibility index (Phi) is 8.57. The summed E-state index contributed by atoms with van der Waals surface area (Å²) < 4.78 is 13.4. The molecule has 0 bridgehead atoms. The zero-order valence-electron chi connectivity index (χ0n) is 24.9. The fourth-order valence-corrected chi connectivity index (χ4v) is 6.22. The topological polar surface area (TPSA) is 125 Å². The van der Waals surface area contributed by atoms with E-state index in [1.807, 2.05) is 48.5 Å². The normalized spacial score (nSPS) is 14.3. The van der Waals surface area contributed by atoms with E-state index in [0.29, 0.717) is 43.4 Å². The lowest BCUT2D eigenvalue weighted by Crippen LogP contribution is -2.40. The van der Waals surface area contributed by atoms with Gasteiger partial charge in [0.2, 0.25) is 0 Å². The molecule has 1 amide bonds. The van der Waals surface area contributed by atoms with Crippen molar-refractivity contribution in [3.05, 3.63) is 161 Å². The minimum atomic E-state index is -0.735. The number of rotatable bonds is 9. The van der Waals surface area contributed by atoms with Crippen LogP contribution >= 0.6 is 11.3 Å². The van der Waals surface area contributed by atoms with E-state index in [9.17, 15) is 19.7 Å². The lowest BCUT2D eigenvalue weighted by molar-refractivity contribution is -0.384. The summed E-state index contributed by atoms with van der Waals surface area (Å²) in [5, 5.41) is 13.9. The molecular formula is C35H28N4O6S. The van der Waals surface area contributed by atoms with E-state index in [0.717, 1.165) is 11.1 Å². The molecule has 0 aliphatic carbocycles. The van der Waals surface area contributed by atoms with Gasteiger partial charge in [-0.1, -0.05) is 59.9 Å². The lowest BCUT2D eigenvalue weighted by Gasteiger charge is -2.25. The van der Waals surface area contributed by atoms with Gasteiger partial charge in [0.25, 0.3) is 17.2 Å². The number of nitro groups is 1. The summed E-state index contributed by atoms with van der Waals surface area (Å²) in [5.74, 6) is 0.836. The van der Waals surface area contributed by atoms with Crippen molar-refractivity contribution in [2.45, 2.75) is 19.6 Å². The molecule has 10 nitrogen and oxygen atoms in total. The number of hydrogen-bond donors (Lipinski definition) is 1. The van der Waals surface area contributed by atoms with Crippen molar-refractivity contribution in [1.82, 2.24) is 4.57 Å². The van der Waals surface area contributed by atoms with E-state index < -0.39 is 11.0 Å². The SMILES string of the molecule is COc1ccc([C@H]2C(C(=O)Nc3ccccc3)=C(C)N=c3s/c(=C/c4ccccc4OCc4ccc([N+](=O)[O-])cc4)c(=O)n32)cc1. The van der Waals surface area contributed by atoms with Crippen LogP contribution in [0.15, 0.2) is 124 Å². The number of thiazole rings is 1. The molecular weight excluding hydrogens is 604 g/mol. The van der Waals surface area contributed by atoms with E-state index in [1.165, 1.54) is 23.5 Å². The molecule has 0 saturated heterocycles. The van der Waals surface area contributed by atoms with Gasteiger partial charge in [-0.25, -0.2) is 4.99 Å². The van der Waals surface area contributed by atoms with Crippen molar-refractivity contribution in [1.29, 1.82) is 0 Å². The Hall–Kier alpha value is -5.81. The molecule has 46 heavy (non-hydrogen) atoms. The molecule has 5 aromatic rings. The second-order valence-electron chi connectivity index (χ2n) is 10.4. The molecule has 0 unspecified atom stereocenters. The van der Waals surface area contributed by atoms with Gasteiger partial charge >= 0.3 is 0 Å². The molecule has 1 aromatic heterocycles. The number of fused-ring (bicyclic) bond motifs is 1. The zero-order valence-corrected chi connectivity index (χ0v) is 25.7. The second kappa shape index (κ2) is 13.0. The average molecular weight is 633 g/mol. The van der Waals surface area contributed by atoms with Crippen molar-refractivity contribution < 1.29 is 19.2 Å². The van der Waals surface area contributed by atoms with Gasteiger partial charge in [-0.05, 0) is 66.6 Å². The smallest absolute Gasteiger partial charge is 0.271 e. The molecule has 2 heterocycles. The van der Waals surface area contributed by atoms with Gasteiger partial charge in [0.05, 0.1) is 33.9 Å². The third-order valence-electron chi connectivity index (χ3n) is 7.48. The maximum absolute atomic E-state index is 14.1. The molecule has 1 aliphatic rings. The quantitative estimate of drug-likeness (QED) is 0.172. The number of nitrogens with one attached hydrogen (secondary N) is 1. The third-order valence-corrected chi connectivity index (χ3v) is 8.46. The summed E-state index contributed by atoms with van der Waals surface area (Å²) in [4.78, 5) is 43.6. The van der Waals surface area contributed by atoms with Crippen LogP contribution < -0.4 is 29.7 Å². The Balaban J connectivity index is 1.39. The van der Waals surface area contributed by atoms with Crippen molar-refractivity contribution in [2.75, 3.05) is 12.4 Å². The molecule has 0 saturated carbocycles. The fraction of sp³-hybridized carbons (Fsp3) is 0.114. The van der Waals surface area contributed by atoms with Gasteiger partial charge in [0, 0.05) is 23.4 Å². The van der Waals surface area contributed by atoms with Crippen LogP contribution in [0, 0.1) is 10.1 Å². The summed E-state index contributed by atoms with van der Waals surface area (Å²) in [6.07, 6.45) is 1.75. The highest BCUT2D eigenvalue weighted by Gasteiger charge is 2.32. The predicted molar refractivity (Wildman–Crippen MR) is 176 cm³/mol. The largest absolute Gasteiger partial charge is 0.497 e. The molecule has 0 fully saturated rings. The van der Waals surface area contributed by atoms with Crippen LogP contribution in [-0.4, -0.2) is 22.5 Å². The third kappa shape index (κ3) is 6.21. The molecule has 6 rings (SSSR count). The Bertz CT molecular complexity index is 2140. The number of ether oxygens (including phenoxy) is 2. The van der Waals surface area contributed by atoms with Crippen LogP contribution in [0.1, 0.15) is 29.7 Å². The molecule has 0 radical (unpaired) electrons. The van der Waals surface area contributed by atoms with E-state index in [-0.39, 0.29) is 23.8 Å². The number of nitro benzene ring substituents is 1. The van der Waals surface area contributed by atoms with Gasteiger partial charge in [-0.15, -0.1) is 0 Å². The number of carbonyl (C=O) groups is 1. The maximum atomic E-state index is 14.1. The number of carbonyl (C=O) groups excluding carboxylic acids is 1. The highest BCUT2D eigenvalue weighted by atomic mass is 32.1. The van der Waals surface area contributed by atoms with E-state index in [1.54, 1.807) is 67.1 Å². The van der Waals surface area contributed by atoms with E-state index >= 15 is 0 Å². The van der Waals surface area contributed by atoms with Crippen LogP contribution in [0.2, 0.25) is 0 Å². The van der Waals surface area contributed by atoms with E-state index in [2.05, 4.69) is 5.32 Å². The standard InChI is InChI=1S/C35H28N4O6S/c1-22-31(33(40)37-26-9-4-3-5-10-26)32(24-14-18-28(44-2)19-15-24)38-34(41)30(46-35(38)36-22)20-25-8-6-7-11-29(25)45-21-23-12-16-27(17-13-23)39(42)43/h3-20,32H,21H2,1-2H3,(H,37,40)/b30-20+/t32-/m0/s1. The van der Waals surface area contributed by atoms with Gasteiger partial charge in [-0.3, -0.25) is 24.3 Å². The van der Waals surface area contributed by atoms with Crippen LogP contribution in [0.3, 0.4) is 0 Å². The highest BCUT2D eigenvalue weighted by molar-refractivity contribution is 7.07. The predicted octanol–water partition coefficient (Wildman–Crippen LogP) is 5.37. The number of allylic oxidation sites excluding steroid dienone is 1. The van der Waals surface area contributed by atoms with Crippen LogP contribution in [0.5, 0.6) is 11.5 Å². The van der Waals surface area contributed by atoms with Crippen LogP contribution in [-0.2, 0) is 11.4 Å². The first kappa shape index (κ1) is 30.2. The average Bonchev–Trinajstić information content (AvgIpc) is 3.37. The van der Waals surface area contributed by atoms with Crippen molar-refractivity contribution in [3.8, 4) is 11.5 Å². The minimum Gasteiger partial charge on any atom is -0.497 e. The number of para-hydroxylation sites is 2. The van der Waals surface area contributed by atoms with E-state index in [4.69, 9.17) is 14.5 Å². The number of anilines is 1. The monoisotopic (exact) mass is 632 g/mol. The molecule has 1 atom stereocenters. The molecule has 4 aromatic carbocycles. The second-order valence-corrected chi connectivity index (χ2v) is 11.4. The number of hydrogen-bond acceptors (Lipinski definition) is 8. The first-order valence-electron chi connectivity index (χ1n) is 14.3. The molecule has 11 heteroatoms. The summed E-state index contributed by atoms with van der Waals surface area (Å²) in [6, 6.07) is 29.1. The zero-order chi connectivity index (χ0) is 32.2. The van der Waals surface area contributed by atoms with Crippen LogP contribution in [0.25, 0.3) is 6.08 Å². The van der Waals surface area contributed by atoms with Crippen LogP contribution in [0.4, 0.5) is 11.4 Å². The highest BCUT2D eigenvalue weighted by Crippen LogP contribution is 2.32. The Labute approximate surface area is 267 Å². The first-order valence-corrected chi connectivity index (χ1v) is 15.1. The summed E-state index contributed by atoms with van der Waals surface area (Å²) >= 11 is 1.23. The number of methoxy groups -OCH3 is 1. The molecule has 0 spiro atoms. The van der Waals surface area contributed by atoms with Crippen molar-refractivity contribution in [2.24, 2.45) is 4.99 Å². The Morgan fingerprint density at radius 1 is 1.00 bits per heavy atom. The number of non-ortho nitro benzene ring substituents is 1. The number of benzene rings is 4. The minimum absolute atomic E-state index is 0.00316. The molecule has 230 valence electrons. The Morgan fingerprint density at radius 2 is 1.70 bits per heavy atom. The van der Waals surface area contributed by atoms with Crippen molar-refractivity contribution >= 4 is 34.7 Å². The van der Waals surface area contributed by atoms with Gasteiger partial charge in [-0.2, -0.15) is 0 Å². The molecule has 1 N–H and O–H groups in total. The summed E-state index contributed by atoms with van der Waals surface area (Å²) in [6.45, 7) is 1.95. The van der Waals surface area contributed by atoms with Gasteiger partial charge in [0.1, 0.15) is 18.1 Å². The van der Waals surface area contributed by atoms with Crippen molar-refractivity contribution in [3.63, 3.8) is 0 Å². The van der Waals surface area contributed by atoms with Gasteiger partial charge < -0.3 is 14.8 Å². The number of nitrogens with zero attached hydrogens (tertiary/aromatic N) is 3.